The topological polar surface area (TPSA) is 60.9 Å². The lowest BCUT2D eigenvalue weighted by Crippen LogP contribution is -2.36. The van der Waals surface area contributed by atoms with Gasteiger partial charge in [0.1, 0.15) is 0 Å². The van der Waals surface area contributed by atoms with E-state index in [2.05, 4.69) is 0 Å². The number of aliphatic carboxylic acids is 1. The van der Waals surface area contributed by atoms with E-state index in [9.17, 15) is 9.59 Å². The summed E-state index contributed by atoms with van der Waals surface area (Å²) in [5, 5.41) is 8.93. The Labute approximate surface area is 119 Å². The Kier molecular flexibility index (Phi) is 6.18. The van der Waals surface area contributed by atoms with E-state index in [0.29, 0.717) is 13.1 Å². The van der Waals surface area contributed by atoms with Crippen LogP contribution in [0.4, 0.5) is 0 Å². The molecule has 1 rings (SSSR count). The first kappa shape index (κ1) is 16.2. The Hall–Kier alpha value is -1.88. The molecule has 5 heteroatoms. The number of hydrogen-bond donors (Lipinski definition) is 1. The summed E-state index contributed by atoms with van der Waals surface area (Å²) >= 11 is 0. The van der Waals surface area contributed by atoms with Gasteiger partial charge in [-0.3, -0.25) is 14.5 Å². The summed E-state index contributed by atoms with van der Waals surface area (Å²) in [6, 6.07) is 7.47. The summed E-state index contributed by atoms with van der Waals surface area (Å²) in [5.74, 6) is -0.799. The van der Waals surface area contributed by atoms with Crippen LogP contribution in [0, 0.1) is 0 Å². The van der Waals surface area contributed by atoms with Crippen LogP contribution in [0.1, 0.15) is 18.1 Å². The Balaban J connectivity index is 2.79. The van der Waals surface area contributed by atoms with Gasteiger partial charge in [0, 0.05) is 20.6 Å². The van der Waals surface area contributed by atoms with Gasteiger partial charge in [-0.25, -0.2) is 0 Å². The standard InChI is InChI=1S/C15H22N2O3/c1-4-17(11-14(18)16(2)3)10-13-8-6-5-7-12(13)9-15(19)20/h5-8H,4,9-11H2,1-3H3,(H,19,20). The van der Waals surface area contributed by atoms with Crippen molar-refractivity contribution in [2.75, 3.05) is 27.2 Å². The number of carbonyl (C=O) groups excluding carboxylic acids is 1. The highest BCUT2D eigenvalue weighted by atomic mass is 16.4. The minimum Gasteiger partial charge on any atom is -0.481 e. The normalized spacial score (nSPS) is 10.6. The van der Waals surface area contributed by atoms with Crippen molar-refractivity contribution < 1.29 is 14.7 Å². The van der Waals surface area contributed by atoms with Crippen LogP contribution in [0.3, 0.4) is 0 Å². The van der Waals surface area contributed by atoms with Gasteiger partial charge in [-0.1, -0.05) is 31.2 Å². The summed E-state index contributed by atoms with van der Waals surface area (Å²) < 4.78 is 0. The third-order valence-electron chi connectivity index (χ3n) is 3.16. The Bertz CT molecular complexity index is 472. The molecule has 0 bridgehead atoms. The van der Waals surface area contributed by atoms with E-state index in [-0.39, 0.29) is 12.3 Å². The van der Waals surface area contributed by atoms with E-state index >= 15 is 0 Å². The molecule has 1 N–H and O–H groups in total. The molecule has 0 spiro atoms. The predicted molar refractivity (Wildman–Crippen MR) is 77.4 cm³/mol. The summed E-state index contributed by atoms with van der Waals surface area (Å²) in [4.78, 5) is 26.2. The van der Waals surface area contributed by atoms with E-state index in [1.165, 1.54) is 0 Å². The van der Waals surface area contributed by atoms with Gasteiger partial charge in [-0.05, 0) is 17.7 Å². The van der Waals surface area contributed by atoms with Crippen LogP contribution in [0.15, 0.2) is 24.3 Å². The van der Waals surface area contributed by atoms with Crippen LogP contribution in [-0.4, -0.2) is 54.0 Å². The first-order valence-electron chi connectivity index (χ1n) is 6.65. The molecule has 0 unspecified atom stereocenters. The third kappa shape index (κ3) is 5.01. The molecule has 0 saturated carbocycles. The lowest BCUT2D eigenvalue weighted by atomic mass is 10.0. The van der Waals surface area contributed by atoms with Crippen molar-refractivity contribution in [3.8, 4) is 0 Å². The van der Waals surface area contributed by atoms with Gasteiger partial charge in [0.15, 0.2) is 0 Å². The lowest BCUT2D eigenvalue weighted by molar-refractivity contribution is -0.136. The summed E-state index contributed by atoms with van der Waals surface area (Å²) in [6.45, 7) is 3.65. The molecule has 0 saturated heterocycles. The number of benzene rings is 1. The average Bonchev–Trinajstić information content (AvgIpc) is 2.39. The minimum absolute atomic E-state index is 0.00928. The Morgan fingerprint density at radius 1 is 1.15 bits per heavy atom. The first-order valence-corrected chi connectivity index (χ1v) is 6.65. The van der Waals surface area contributed by atoms with Gasteiger partial charge in [-0.2, -0.15) is 0 Å². The molecule has 20 heavy (non-hydrogen) atoms. The number of rotatable bonds is 7. The van der Waals surface area contributed by atoms with Crippen LogP contribution in [-0.2, 0) is 22.6 Å². The third-order valence-corrected chi connectivity index (χ3v) is 3.16. The highest BCUT2D eigenvalue weighted by molar-refractivity contribution is 5.77. The molecule has 1 aromatic rings. The molecule has 0 aliphatic carbocycles. The Morgan fingerprint density at radius 2 is 1.75 bits per heavy atom. The number of hydrogen-bond acceptors (Lipinski definition) is 3. The molecule has 0 aliphatic rings. The minimum atomic E-state index is -0.843. The van der Waals surface area contributed by atoms with E-state index in [1.807, 2.05) is 36.1 Å². The predicted octanol–water partition coefficient (Wildman–Crippen LogP) is 1.22. The molecular formula is C15H22N2O3. The van der Waals surface area contributed by atoms with Gasteiger partial charge in [0.2, 0.25) is 5.91 Å². The second-order valence-electron chi connectivity index (χ2n) is 4.93. The van der Waals surface area contributed by atoms with E-state index in [1.54, 1.807) is 19.0 Å². The lowest BCUT2D eigenvalue weighted by Gasteiger charge is -2.23. The largest absolute Gasteiger partial charge is 0.481 e. The zero-order valence-corrected chi connectivity index (χ0v) is 12.3. The summed E-state index contributed by atoms with van der Waals surface area (Å²) in [6.07, 6.45) is 0.00928. The zero-order chi connectivity index (χ0) is 15.1. The number of amides is 1. The number of carboxylic acid groups (broad SMARTS) is 1. The van der Waals surface area contributed by atoms with Crippen molar-refractivity contribution in [1.82, 2.24) is 9.80 Å². The van der Waals surface area contributed by atoms with E-state index < -0.39 is 5.97 Å². The van der Waals surface area contributed by atoms with Crippen molar-refractivity contribution in [2.24, 2.45) is 0 Å². The quantitative estimate of drug-likeness (QED) is 0.815. The SMILES string of the molecule is CCN(CC(=O)N(C)C)Cc1ccccc1CC(=O)O. The second kappa shape index (κ2) is 7.65. The highest BCUT2D eigenvalue weighted by Crippen LogP contribution is 2.12. The van der Waals surface area contributed by atoms with Crippen LogP contribution in [0.2, 0.25) is 0 Å². The fraction of sp³-hybridized carbons (Fsp3) is 0.467. The van der Waals surface area contributed by atoms with Gasteiger partial charge in [0.05, 0.1) is 13.0 Å². The van der Waals surface area contributed by atoms with Gasteiger partial charge in [-0.15, -0.1) is 0 Å². The highest BCUT2D eigenvalue weighted by Gasteiger charge is 2.13. The van der Waals surface area contributed by atoms with Crippen LogP contribution in [0.25, 0.3) is 0 Å². The summed E-state index contributed by atoms with van der Waals surface area (Å²) in [5.41, 5.74) is 1.76. The molecule has 0 aromatic heterocycles. The van der Waals surface area contributed by atoms with Gasteiger partial charge >= 0.3 is 5.97 Å². The van der Waals surface area contributed by atoms with E-state index in [4.69, 9.17) is 5.11 Å². The molecule has 0 aliphatic heterocycles. The van der Waals surface area contributed by atoms with Crippen molar-refractivity contribution in [3.05, 3.63) is 35.4 Å². The molecule has 0 radical (unpaired) electrons. The van der Waals surface area contributed by atoms with Crippen LogP contribution in [0.5, 0.6) is 0 Å². The molecule has 1 amide bonds. The van der Waals surface area contributed by atoms with Crippen molar-refractivity contribution in [3.63, 3.8) is 0 Å². The van der Waals surface area contributed by atoms with Crippen molar-refractivity contribution >= 4 is 11.9 Å². The second-order valence-corrected chi connectivity index (χ2v) is 4.93. The molecular weight excluding hydrogens is 256 g/mol. The van der Waals surface area contributed by atoms with E-state index in [0.717, 1.165) is 17.7 Å². The maximum atomic E-state index is 11.8. The first-order chi connectivity index (χ1) is 9.43. The Morgan fingerprint density at radius 3 is 2.25 bits per heavy atom. The maximum absolute atomic E-state index is 11.8. The van der Waals surface area contributed by atoms with Gasteiger partial charge < -0.3 is 10.0 Å². The number of likely N-dealkylation sites (N-methyl/N-ethyl adjacent to an activating group) is 2. The molecule has 0 heterocycles. The fourth-order valence-electron chi connectivity index (χ4n) is 1.90. The number of nitrogens with zero attached hydrogens (tertiary/aromatic N) is 2. The molecule has 110 valence electrons. The average molecular weight is 278 g/mol. The van der Waals surface area contributed by atoms with Crippen LogP contribution >= 0.6 is 0 Å². The van der Waals surface area contributed by atoms with Crippen molar-refractivity contribution in [1.29, 1.82) is 0 Å². The van der Waals surface area contributed by atoms with Gasteiger partial charge in [0.25, 0.3) is 0 Å². The van der Waals surface area contributed by atoms with Crippen LogP contribution < -0.4 is 0 Å². The molecule has 0 fully saturated rings. The molecule has 1 aromatic carbocycles. The van der Waals surface area contributed by atoms with Crippen molar-refractivity contribution in [2.45, 2.75) is 19.9 Å². The number of carboxylic acids is 1. The molecule has 5 nitrogen and oxygen atoms in total. The summed E-state index contributed by atoms with van der Waals surface area (Å²) in [7, 11) is 3.46. The maximum Gasteiger partial charge on any atom is 0.307 e. The monoisotopic (exact) mass is 278 g/mol. The molecule has 0 atom stereocenters. The fourth-order valence-corrected chi connectivity index (χ4v) is 1.90. The zero-order valence-electron chi connectivity index (χ0n) is 12.3. The number of carbonyl (C=O) groups is 2. The smallest absolute Gasteiger partial charge is 0.307 e.